The summed E-state index contributed by atoms with van der Waals surface area (Å²) in [6, 6.07) is 4.42. The fourth-order valence-electron chi connectivity index (χ4n) is 2.73. The molecular formula is C16H25NO. The average molecular weight is 247 g/mol. The summed E-state index contributed by atoms with van der Waals surface area (Å²) in [5.41, 5.74) is 5.71. The minimum absolute atomic E-state index is 0.174. The van der Waals surface area contributed by atoms with Crippen LogP contribution in [0.4, 0.5) is 0 Å². The van der Waals surface area contributed by atoms with Crippen LogP contribution in [0.2, 0.25) is 0 Å². The minimum atomic E-state index is 0.174. The Bertz CT molecular complexity index is 416. The zero-order valence-electron chi connectivity index (χ0n) is 11.8. The van der Waals surface area contributed by atoms with Gasteiger partial charge >= 0.3 is 0 Å². The van der Waals surface area contributed by atoms with Crippen LogP contribution in [0.1, 0.15) is 41.5 Å². The molecule has 2 N–H and O–H groups in total. The van der Waals surface area contributed by atoms with Gasteiger partial charge in [0.1, 0.15) is 0 Å². The molecule has 1 aromatic carbocycles. The third kappa shape index (κ3) is 2.60. The van der Waals surface area contributed by atoms with Crippen LogP contribution in [0.3, 0.4) is 0 Å². The third-order valence-corrected chi connectivity index (χ3v) is 4.74. The monoisotopic (exact) mass is 247 g/mol. The van der Waals surface area contributed by atoms with Crippen molar-refractivity contribution in [3.05, 3.63) is 34.4 Å². The summed E-state index contributed by atoms with van der Waals surface area (Å²) in [5, 5.41) is 13.0. The van der Waals surface area contributed by atoms with Gasteiger partial charge in [0.15, 0.2) is 0 Å². The van der Waals surface area contributed by atoms with E-state index < -0.39 is 0 Å². The van der Waals surface area contributed by atoms with Crippen molar-refractivity contribution in [3.8, 4) is 0 Å². The van der Waals surface area contributed by atoms with E-state index in [0.29, 0.717) is 6.61 Å². The van der Waals surface area contributed by atoms with Gasteiger partial charge in [0.2, 0.25) is 0 Å². The number of aryl methyl sites for hydroxylation is 1. The predicted octanol–water partition coefficient (Wildman–Crippen LogP) is 2.86. The molecule has 0 amide bonds. The van der Waals surface area contributed by atoms with Gasteiger partial charge in [0.05, 0.1) is 0 Å². The lowest BCUT2D eigenvalue weighted by Crippen LogP contribution is -2.42. The van der Waals surface area contributed by atoms with Gasteiger partial charge in [-0.25, -0.2) is 0 Å². The zero-order chi connectivity index (χ0) is 13.2. The van der Waals surface area contributed by atoms with Crippen molar-refractivity contribution in [1.29, 1.82) is 0 Å². The molecule has 0 aromatic heterocycles. The van der Waals surface area contributed by atoms with Gasteiger partial charge in [-0.1, -0.05) is 18.6 Å². The first-order chi connectivity index (χ1) is 8.58. The van der Waals surface area contributed by atoms with Crippen molar-refractivity contribution in [2.75, 3.05) is 13.2 Å². The second kappa shape index (κ2) is 5.41. The van der Waals surface area contributed by atoms with E-state index in [-0.39, 0.29) is 5.41 Å². The molecule has 0 aliphatic heterocycles. The number of hydrogen-bond acceptors (Lipinski definition) is 2. The largest absolute Gasteiger partial charge is 0.396 e. The molecule has 0 saturated heterocycles. The highest BCUT2D eigenvalue weighted by Crippen LogP contribution is 2.39. The van der Waals surface area contributed by atoms with E-state index in [0.717, 1.165) is 13.1 Å². The van der Waals surface area contributed by atoms with Crippen LogP contribution >= 0.6 is 0 Å². The molecule has 0 unspecified atom stereocenters. The topological polar surface area (TPSA) is 32.3 Å². The summed E-state index contributed by atoms with van der Waals surface area (Å²) in [4.78, 5) is 0. The van der Waals surface area contributed by atoms with Crippen LogP contribution < -0.4 is 5.32 Å². The van der Waals surface area contributed by atoms with Gasteiger partial charge in [-0.15, -0.1) is 0 Å². The van der Waals surface area contributed by atoms with Gasteiger partial charge in [-0.3, -0.25) is 0 Å². The Kier molecular flexibility index (Phi) is 4.08. The smallest absolute Gasteiger partial charge is 0.0499 e. The van der Waals surface area contributed by atoms with Crippen molar-refractivity contribution >= 4 is 0 Å². The molecule has 18 heavy (non-hydrogen) atoms. The Morgan fingerprint density at radius 3 is 2.44 bits per heavy atom. The highest BCUT2D eigenvalue weighted by molar-refractivity contribution is 5.38. The van der Waals surface area contributed by atoms with Gasteiger partial charge < -0.3 is 10.4 Å². The molecule has 0 bridgehead atoms. The standard InChI is InChI=1S/C16H25NO/c1-12-5-6-15(14(3)13(12)2)9-17-10-16(11-18)7-4-8-16/h5-6,17-18H,4,7-11H2,1-3H3. The van der Waals surface area contributed by atoms with Crippen LogP contribution in [0, 0.1) is 26.2 Å². The first kappa shape index (κ1) is 13.6. The number of aliphatic hydroxyl groups excluding tert-OH is 1. The molecule has 1 aliphatic carbocycles. The SMILES string of the molecule is Cc1ccc(CNCC2(CO)CCC2)c(C)c1C. The lowest BCUT2D eigenvalue weighted by atomic mass is 9.69. The summed E-state index contributed by atoms with van der Waals surface area (Å²) in [7, 11) is 0. The molecular weight excluding hydrogens is 222 g/mol. The summed E-state index contributed by atoms with van der Waals surface area (Å²) in [6.45, 7) is 8.73. The van der Waals surface area contributed by atoms with Crippen molar-refractivity contribution < 1.29 is 5.11 Å². The van der Waals surface area contributed by atoms with Gasteiger partial charge in [-0.05, 0) is 55.9 Å². The Hall–Kier alpha value is -0.860. The van der Waals surface area contributed by atoms with Crippen molar-refractivity contribution in [2.45, 2.75) is 46.6 Å². The number of nitrogens with one attached hydrogen (secondary N) is 1. The molecule has 2 nitrogen and oxygen atoms in total. The Morgan fingerprint density at radius 1 is 1.17 bits per heavy atom. The number of benzene rings is 1. The van der Waals surface area contributed by atoms with Crippen molar-refractivity contribution in [1.82, 2.24) is 5.32 Å². The van der Waals surface area contributed by atoms with Gasteiger partial charge in [0.25, 0.3) is 0 Å². The summed E-state index contributed by atoms with van der Waals surface area (Å²) < 4.78 is 0. The van der Waals surface area contributed by atoms with Gasteiger partial charge in [0, 0.05) is 25.1 Å². The van der Waals surface area contributed by atoms with Crippen molar-refractivity contribution in [3.63, 3.8) is 0 Å². The van der Waals surface area contributed by atoms with E-state index >= 15 is 0 Å². The van der Waals surface area contributed by atoms with Crippen molar-refractivity contribution in [2.24, 2.45) is 5.41 Å². The van der Waals surface area contributed by atoms with E-state index in [1.165, 1.54) is 41.5 Å². The highest BCUT2D eigenvalue weighted by Gasteiger charge is 2.35. The molecule has 2 rings (SSSR count). The average Bonchev–Trinajstić information content (AvgIpc) is 2.32. The maximum absolute atomic E-state index is 9.43. The van der Waals surface area contributed by atoms with E-state index in [1.54, 1.807) is 0 Å². The normalized spacial score (nSPS) is 17.6. The van der Waals surface area contributed by atoms with Crippen LogP contribution in [0.25, 0.3) is 0 Å². The Morgan fingerprint density at radius 2 is 1.89 bits per heavy atom. The number of aliphatic hydroxyl groups is 1. The van der Waals surface area contributed by atoms with E-state index in [9.17, 15) is 5.11 Å². The second-order valence-corrected chi connectivity index (χ2v) is 5.91. The highest BCUT2D eigenvalue weighted by atomic mass is 16.3. The summed E-state index contributed by atoms with van der Waals surface area (Å²) in [5.74, 6) is 0. The quantitative estimate of drug-likeness (QED) is 0.838. The molecule has 1 saturated carbocycles. The lowest BCUT2D eigenvalue weighted by Gasteiger charge is -2.40. The molecule has 0 spiro atoms. The zero-order valence-corrected chi connectivity index (χ0v) is 11.8. The predicted molar refractivity (Wildman–Crippen MR) is 75.7 cm³/mol. The fraction of sp³-hybridized carbons (Fsp3) is 0.625. The van der Waals surface area contributed by atoms with Crippen LogP contribution in [-0.4, -0.2) is 18.3 Å². The molecule has 100 valence electrons. The maximum atomic E-state index is 9.43. The Balaban J connectivity index is 1.93. The van der Waals surface area contributed by atoms with Crippen LogP contribution in [-0.2, 0) is 6.54 Å². The molecule has 1 aliphatic rings. The summed E-state index contributed by atoms with van der Waals surface area (Å²) in [6.07, 6.45) is 3.61. The lowest BCUT2D eigenvalue weighted by molar-refractivity contribution is 0.0445. The minimum Gasteiger partial charge on any atom is -0.396 e. The number of hydrogen-bond donors (Lipinski definition) is 2. The first-order valence-corrected chi connectivity index (χ1v) is 6.95. The third-order valence-electron chi connectivity index (χ3n) is 4.74. The maximum Gasteiger partial charge on any atom is 0.0499 e. The molecule has 0 heterocycles. The fourth-order valence-corrected chi connectivity index (χ4v) is 2.73. The molecule has 1 aromatic rings. The first-order valence-electron chi connectivity index (χ1n) is 6.95. The van der Waals surface area contributed by atoms with Gasteiger partial charge in [-0.2, -0.15) is 0 Å². The molecule has 2 heteroatoms. The Labute approximate surface area is 110 Å². The van der Waals surface area contributed by atoms with E-state index in [2.05, 4.69) is 38.2 Å². The molecule has 0 radical (unpaired) electrons. The number of rotatable bonds is 5. The van der Waals surface area contributed by atoms with E-state index in [4.69, 9.17) is 0 Å². The van der Waals surface area contributed by atoms with Crippen LogP contribution in [0.15, 0.2) is 12.1 Å². The molecule has 0 atom stereocenters. The molecule has 1 fully saturated rings. The van der Waals surface area contributed by atoms with Crippen LogP contribution in [0.5, 0.6) is 0 Å². The van der Waals surface area contributed by atoms with E-state index in [1.807, 2.05) is 0 Å². The second-order valence-electron chi connectivity index (χ2n) is 5.91. The summed E-state index contributed by atoms with van der Waals surface area (Å²) >= 11 is 0.